The molecule has 7 nitrogen and oxygen atoms in total. The van der Waals surface area contributed by atoms with Crippen LogP contribution in [-0.4, -0.2) is 52.9 Å². The van der Waals surface area contributed by atoms with E-state index in [2.05, 4.69) is 106 Å². The fourth-order valence-electron chi connectivity index (χ4n) is 13.0. The first-order chi connectivity index (χ1) is 27.5. The van der Waals surface area contributed by atoms with E-state index in [0.717, 1.165) is 101 Å². The number of hydrogen-bond acceptors (Lipinski definition) is 6. The van der Waals surface area contributed by atoms with Crippen molar-refractivity contribution in [2.24, 2.45) is 50.2 Å². The van der Waals surface area contributed by atoms with E-state index >= 15 is 0 Å². The summed E-state index contributed by atoms with van der Waals surface area (Å²) >= 11 is 1.87. The zero-order valence-electron chi connectivity index (χ0n) is 38.5. The molecule has 0 aliphatic heterocycles. The molecular formula is C51H77NO6S. The van der Waals surface area contributed by atoms with E-state index in [1.54, 1.807) is 0 Å². The number of ketones is 1. The number of allylic oxidation sites excluding steroid dienone is 7. The number of esters is 1. The van der Waals surface area contributed by atoms with Gasteiger partial charge in [0.05, 0.1) is 0 Å². The lowest BCUT2D eigenvalue weighted by Crippen LogP contribution is -2.66. The summed E-state index contributed by atoms with van der Waals surface area (Å²) in [6.07, 6.45) is 23.0. The fourth-order valence-corrected chi connectivity index (χ4v) is 13.8. The molecule has 5 aliphatic rings. The molecule has 1 amide bonds. The third-order valence-electron chi connectivity index (χ3n) is 16.9. The Kier molecular flexibility index (Phi) is 14.6. The van der Waals surface area contributed by atoms with Crippen LogP contribution in [0.3, 0.4) is 0 Å². The minimum Gasteiger partial charge on any atom is -0.478 e. The minimum atomic E-state index is -1.18. The molecule has 0 saturated heterocycles. The molecule has 0 aromatic heterocycles. The van der Waals surface area contributed by atoms with Crippen molar-refractivity contribution in [2.75, 3.05) is 18.1 Å². The molecule has 0 radical (unpaired) electrons. The van der Waals surface area contributed by atoms with Gasteiger partial charge in [-0.3, -0.25) is 9.59 Å². The van der Waals surface area contributed by atoms with E-state index < -0.39 is 17.4 Å². The highest BCUT2D eigenvalue weighted by Crippen LogP contribution is 2.75. The smallest absolute Gasteiger partial charge is 0.331 e. The second kappa shape index (κ2) is 18.2. The molecule has 0 heterocycles. The van der Waals surface area contributed by atoms with E-state index in [4.69, 9.17) is 9.84 Å². The maximum atomic E-state index is 14.9. The Morgan fingerprint density at radius 2 is 1.51 bits per heavy atom. The van der Waals surface area contributed by atoms with Crippen LogP contribution in [0.4, 0.5) is 0 Å². The average molecular weight is 832 g/mol. The monoisotopic (exact) mass is 832 g/mol. The highest BCUT2D eigenvalue weighted by atomic mass is 32.2. The van der Waals surface area contributed by atoms with Crippen molar-refractivity contribution in [1.29, 1.82) is 0 Å². The lowest BCUT2D eigenvalue weighted by Gasteiger charge is -2.70. The van der Waals surface area contributed by atoms with Crippen LogP contribution < -0.4 is 5.32 Å². The van der Waals surface area contributed by atoms with Crippen LogP contribution in [0.1, 0.15) is 160 Å². The van der Waals surface area contributed by atoms with E-state index in [9.17, 15) is 19.2 Å². The van der Waals surface area contributed by atoms with Crippen molar-refractivity contribution in [3.05, 3.63) is 58.7 Å². The lowest BCUT2D eigenvalue weighted by molar-refractivity contribution is -0.209. The number of amides is 1. The van der Waals surface area contributed by atoms with E-state index in [0.29, 0.717) is 13.0 Å². The highest BCUT2D eigenvalue weighted by Gasteiger charge is 2.70. The van der Waals surface area contributed by atoms with Crippen LogP contribution in [0.2, 0.25) is 0 Å². The first kappa shape index (κ1) is 47.2. The Morgan fingerprint density at radius 1 is 0.847 bits per heavy atom. The van der Waals surface area contributed by atoms with Crippen LogP contribution in [0.5, 0.6) is 0 Å². The first-order valence-electron chi connectivity index (χ1n) is 22.7. The average Bonchev–Trinajstić information content (AvgIpc) is 3.14. The van der Waals surface area contributed by atoms with Gasteiger partial charge in [0.1, 0.15) is 6.10 Å². The maximum absolute atomic E-state index is 14.9. The van der Waals surface area contributed by atoms with Crippen molar-refractivity contribution in [3.63, 3.8) is 0 Å². The van der Waals surface area contributed by atoms with Gasteiger partial charge in [-0.15, -0.1) is 0 Å². The van der Waals surface area contributed by atoms with Gasteiger partial charge in [-0.05, 0) is 151 Å². The molecule has 2 N–H and O–H groups in total. The van der Waals surface area contributed by atoms with Crippen molar-refractivity contribution >= 4 is 35.4 Å². The van der Waals surface area contributed by atoms with Gasteiger partial charge in [-0.2, -0.15) is 11.8 Å². The molecule has 5 aliphatic carbocycles. The van der Waals surface area contributed by atoms with E-state index in [-0.39, 0.29) is 62.6 Å². The van der Waals surface area contributed by atoms with Gasteiger partial charge in [0.25, 0.3) is 0 Å². The summed E-state index contributed by atoms with van der Waals surface area (Å²) in [5.74, 6) is 0.634. The number of rotatable bonds is 15. The Bertz CT molecular complexity index is 1780. The molecule has 0 bridgehead atoms. The molecule has 0 spiro atoms. The second-order valence-electron chi connectivity index (χ2n) is 21.5. The van der Waals surface area contributed by atoms with Gasteiger partial charge >= 0.3 is 11.9 Å². The Balaban J connectivity index is 1.22. The summed E-state index contributed by atoms with van der Waals surface area (Å²) in [5.41, 5.74) is 4.12. The summed E-state index contributed by atoms with van der Waals surface area (Å²) in [7, 11) is 0. The quantitative estimate of drug-likeness (QED) is 0.0732. The second-order valence-corrected chi connectivity index (χ2v) is 22.7. The first-order valence-corrected chi connectivity index (χ1v) is 23.9. The molecule has 0 aromatic rings. The number of thioether (sulfide) groups is 1. The molecule has 4 saturated carbocycles. The molecule has 1 unspecified atom stereocenters. The maximum Gasteiger partial charge on any atom is 0.331 e. The summed E-state index contributed by atoms with van der Waals surface area (Å²) in [6.45, 7) is 25.5. The van der Waals surface area contributed by atoms with Crippen LogP contribution in [0, 0.1) is 50.2 Å². The summed E-state index contributed by atoms with van der Waals surface area (Å²) in [6, 6.07) is 0. The van der Waals surface area contributed by atoms with E-state index in [1.165, 1.54) is 22.3 Å². The zero-order valence-corrected chi connectivity index (χ0v) is 39.3. The van der Waals surface area contributed by atoms with Crippen LogP contribution >= 0.6 is 11.8 Å². The van der Waals surface area contributed by atoms with E-state index in [1.807, 2.05) is 11.8 Å². The molecule has 0 aromatic carbocycles. The SMILES string of the molecule is CC(C)=CCCC(C)=CCCC(C)=CCSCCNC(=O)C1(C)CC[C@]2(C)CC[C@]3(C)C(=CC(=O)[C@@H]4[C@@]5(C)CC[C@H](OC(=O)/C=C\C(=O)O)C(C)(C)[C@H]5CC[C@]43C)[C@@H]2C1. The molecule has 9 atom stereocenters. The highest BCUT2D eigenvalue weighted by molar-refractivity contribution is 7.99. The zero-order chi connectivity index (χ0) is 43.6. The number of fused-ring (bicyclic) bond motifs is 7. The number of aliphatic carboxylic acids is 1. The van der Waals surface area contributed by atoms with Crippen molar-refractivity contribution in [2.45, 2.75) is 166 Å². The van der Waals surface area contributed by atoms with Gasteiger partial charge in [0.2, 0.25) is 5.91 Å². The molecule has 59 heavy (non-hydrogen) atoms. The van der Waals surface area contributed by atoms with Gasteiger partial charge in [-0.1, -0.05) is 89.0 Å². The van der Waals surface area contributed by atoms with Gasteiger partial charge in [-0.25, -0.2) is 9.59 Å². The Labute approximate surface area is 361 Å². The third-order valence-corrected chi connectivity index (χ3v) is 17.8. The molecular weight excluding hydrogens is 755 g/mol. The lowest BCUT2D eigenvalue weighted by atomic mass is 9.33. The van der Waals surface area contributed by atoms with Gasteiger partial charge in [0.15, 0.2) is 5.78 Å². The topological polar surface area (TPSA) is 110 Å². The number of carboxylic acids is 1. The predicted octanol–water partition coefficient (Wildman–Crippen LogP) is 11.8. The fraction of sp³-hybridized carbons (Fsp3) is 0.725. The molecule has 328 valence electrons. The largest absolute Gasteiger partial charge is 0.478 e. The van der Waals surface area contributed by atoms with Crippen LogP contribution in [0.15, 0.2) is 58.7 Å². The molecule has 8 heteroatoms. The normalized spacial score (nSPS) is 36.7. The molecule has 4 fully saturated rings. The van der Waals surface area contributed by atoms with Crippen LogP contribution in [-0.2, 0) is 23.9 Å². The number of nitrogens with one attached hydrogen (secondary N) is 1. The number of carbonyl (C=O) groups excluding carboxylic acids is 3. The third kappa shape index (κ3) is 9.63. The minimum absolute atomic E-state index is 0.0643. The summed E-state index contributed by atoms with van der Waals surface area (Å²) in [5, 5.41) is 12.3. The summed E-state index contributed by atoms with van der Waals surface area (Å²) in [4.78, 5) is 52.5. The van der Waals surface area contributed by atoms with Gasteiger partial charge < -0.3 is 15.2 Å². The number of carboxylic acid groups (broad SMARTS) is 1. The summed E-state index contributed by atoms with van der Waals surface area (Å²) < 4.78 is 5.91. The standard InChI is InChI=1S/C51H77NO6S/c1-34(2)14-12-15-35(3)16-13-17-36(4)22-30-59-31-29-52-45(57)48(8)26-25-47(7)27-28-50(10)37(38(47)33-48)32-39(53)44-49(9)23-21-41(58-43(56)19-18-42(54)55)46(5,6)40(49)20-24-51(44,50)11/h14,16,18-19,22,32,38,40-41,44H,12-13,15,17,20-21,23-31,33H2,1-11H3,(H,52,57)(H,54,55)/b19-18-,35-16?,36-22?/t38-,40+,41-,44+,47+,48?,49-,50+,51+/m0/s1. The predicted molar refractivity (Wildman–Crippen MR) is 242 cm³/mol. The Hall–Kier alpha value is -2.87. The molecule has 5 rings (SSSR count). The van der Waals surface area contributed by atoms with Crippen LogP contribution in [0.25, 0.3) is 0 Å². The number of hydrogen-bond donors (Lipinski definition) is 2. The van der Waals surface area contributed by atoms with Crippen molar-refractivity contribution in [3.8, 4) is 0 Å². The van der Waals surface area contributed by atoms with Crippen molar-refractivity contribution < 1.29 is 29.0 Å². The van der Waals surface area contributed by atoms with Crippen molar-refractivity contribution in [1.82, 2.24) is 5.32 Å². The number of ether oxygens (including phenoxy) is 1. The number of carbonyl (C=O) groups is 4. The Morgan fingerprint density at radius 3 is 2.19 bits per heavy atom. The van der Waals surface area contributed by atoms with Gasteiger partial charge in [0, 0.05) is 47.0 Å².